The van der Waals surface area contributed by atoms with Gasteiger partial charge in [-0.3, -0.25) is 9.80 Å². The Labute approximate surface area is 243 Å². The van der Waals surface area contributed by atoms with Crippen molar-refractivity contribution in [3.8, 4) is 5.75 Å². The number of hydrogen-bond donors (Lipinski definition) is 1. The van der Waals surface area contributed by atoms with Gasteiger partial charge in [-0.2, -0.15) is 26.3 Å². The van der Waals surface area contributed by atoms with E-state index >= 15 is 0 Å². The van der Waals surface area contributed by atoms with Crippen molar-refractivity contribution >= 4 is 23.5 Å². The molecule has 1 N–H and O–H groups in total. The highest BCUT2D eigenvalue weighted by atomic mass is 19.4. The number of carbonyl (C=O) groups is 2. The van der Waals surface area contributed by atoms with Crippen LogP contribution in [0.3, 0.4) is 0 Å². The summed E-state index contributed by atoms with van der Waals surface area (Å²) >= 11 is 0. The van der Waals surface area contributed by atoms with Crippen LogP contribution in [0.25, 0.3) is 0 Å². The van der Waals surface area contributed by atoms with Crippen molar-refractivity contribution in [3.63, 3.8) is 0 Å². The first-order valence-corrected chi connectivity index (χ1v) is 13.5. The molecule has 236 valence electrons. The monoisotopic (exact) mass is 620 g/mol. The maximum Gasteiger partial charge on any atom is 0.420 e. The van der Waals surface area contributed by atoms with Crippen LogP contribution in [0.15, 0.2) is 36.4 Å². The third kappa shape index (κ3) is 7.15. The number of benzene rings is 2. The number of piperidine rings is 1. The van der Waals surface area contributed by atoms with Crippen molar-refractivity contribution in [1.29, 1.82) is 0 Å². The van der Waals surface area contributed by atoms with E-state index in [4.69, 9.17) is 4.74 Å². The number of amides is 3. The van der Waals surface area contributed by atoms with Crippen LogP contribution in [0.2, 0.25) is 0 Å². The topological polar surface area (TPSA) is 76.6 Å². The predicted molar refractivity (Wildman–Crippen MR) is 142 cm³/mol. The molecule has 2 aromatic rings. The van der Waals surface area contributed by atoms with Crippen molar-refractivity contribution in [2.24, 2.45) is 0 Å². The molecule has 0 spiro atoms. The molecule has 2 fully saturated rings. The lowest BCUT2D eigenvalue weighted by Crippen LogP contribution is -2.54. The lowest BCUT2D eigenvalue weighted by atomic mass is 9.92. The number of rotatable bonds is 6. The molecule has 1 unspecified atom stereocenters. The Morgan fingerprint density at radius 1 is 1.05 bits per heavy atom. The highest BCUT2D eigenvalue weighted by Crippen LogP contribution is 2.47. The molecular weight excluding hydrogens is 589 g/mol. The van der Waals surface area contributed by atoms with E-state index in [1.807, 2.05) is 4.90 Å². The van der Waals surface area contributed by atoms with Crippen LogP contribution >= 0.6 is 0 Å². The maximum absolute atomic E-state index is 14.3. The van der Waals surface area contributed by atoms with Gasteiger partial charge >= 0.3 is 24.5 Å². The number of nitrogens with zero attached hydrogens (tertiary/aromatic N) is 4. The summed E-state index contributed by atoms with van der Waals surface area (Å²) in [5.41, 5.74) is -5.79. The third-order valence-corrected chi connectivity index (χ3v) is 7.33. The number of urea groups is 1. The van der Waals surface area contributed by atoms with Crippen molar-refractivity contribution in [2.75, 3.05) is 49.6 Å². The molecule has 0 bridgehead atoms. The Balaban J connectivity index is 1.77. The number of alkyl halides is 6. The molecule has 0 aliphatic carbocycles. The smallest absolute Gasteiger partial charge is 0.407 e. The van der Waals surface area contributed by atoms with E-state index in [9.17, 15) is 45.4 Å². The fraction of sp³-hybridized carbons (Fsp3) is 0.500. The summed E-state index contributed by atoms with van der Waals surface area (Å²) in [4.78, 5) is 31.3. The largest absolute Gasteiger partial charge is 0.420 e. The summed E-state index contributed by atoms with van der Waals surface area (Å²) in [6, 6.07) is 2.86. The number of aliphatic hydroxyl groups is 1. The number of likely N-dealkylation sites (N-methyl/N-ethyl adjacent to an activating group) is 1. The highest BCUT2D eigenvalue weighted by molar-refractivity contribution is 5.98. The van der Waals surface area contributed by atoms with E-state index < -0.39 is 64.5 Å². The number of ether oxygens (including phenoxy) is 1. The van der Waals surface area contributed by atoms with Crippen LogP contribution in [0, 0.1) is 5.82 Å². The van der Waals surface area contributed by atoms with Gasteiger partial charge in [0, 0.05) is 31.4 Å². The molecule has 0 aromatic heterocycles. The fourth-order valence-electron chi connectivity index (χ4n) is 5.42. The second kappa shape index (κ2) is 11.8. The first kappa shape index (κ1) is 32.3. The van der Waals surface area contributed by atoms with Gasteiger partial charge in [0.1, 0.15) is 11.4 Å². The van der Waals surface area contributed by atoms with Crippen molar-refractivity contribution < 1.29 is 50.2 Å². The lowest BCUT2D eigenvalue weighted by molar-refractivity contribution is -0.143. The van der Waals surface area contributed by atoms with Gasteiger partial charge in [-0.25, -0.2) is 14.0 Å². The summed E-state index contributed by atoms with van der Waals surface area (Å²) in [7, 11) is 1.77. The van der Waals surface area contributed by atoms with E-state index in [0.29, 0.717) is 30.4 Å². The van der Waals surface area contributed by atoms with E-state index in [1.165, 1.54) is 26.0 Å². The molecule has 4 rings (SSSR count). The summed E-state index contributed by atoms with van der Waals surface area (Å²) in [5, 5.41) is 11.0. The molecule has 2 aliphatic rings. The minimum absolute atomic E-state index is 0.0533. The number of likely N-dealkylation sites (tertiary alicyclic amines) is 1. The Kier molecular flexibility index (Phi) is 8.89. The zero-order valence-corrected chi connectivity index (χ0v) is 23.6. The zero-order valence-electron chi connectivity index (χ0n) is 23.6. The highest BCUT2D eigenvalue weighted by Gasteiger charge is 2.45. The summed E-state index contributed by atoms with van der Waals surface area (Å²) in [5.74, 6) is -1.93. The molecule has 2 aromatic carbocycles. The molecule has 1 atom stereocenters. The first-order chi connectivity index (χ1) is 19.9. The normalized spacial score (nSPS) is 20.2. The summed E-state index contributed by atoms with van der Waals surface area (Å²) < 4.78 is 103. The van der Waals surface area contributed by atoms with Crippen LogP contribution in [0.5, 0.6) is 5.75 Å². The number of hydrogen-bond acceptors (Lipinski definition) is 5. The van der Waals surface area contributed by atoms with E-state index in [-0.39, 0.29) is 37.9 Å². The van der Waals surface area contributed by atoms with Gasteiger partial charge in [0.05, 0.1) is 23.4 Å². The second-order valence-corrected chi connectivity index (χ2v) is 11.1. The molecule has 2 aliphatic heterocycles. The van der Waals surface area contributed by atoms with Gasteiger partial charge in [-0.15, -0.1) is 0 Å². The minimum atomic E-state index is -5.42. The van der Waals surface area contributed by atoms with Gasteiger partial charge in [-0.05, 0) is 76.7 Å². The zero-order chi connectivity index (χ0) is 31.9. The average molecular weight is 621 g/mol. The van der Waals surface area contributed by atoms with Crippen molar-refractivity contribution in [3.05, 3.63) is 53.3 Å². The van der Waals surface area contributed by atoms with Gasteiger partial charge in [0.2, 0.25) is 0 Å². The Morgan fingerprint density at radius 3 is 2.26 bits per heavy atom. The fourth-order valence-corrected chi connectivity index (χ4v) is 5.42. The average Bonchev–Trinajstić information content (AvgIpc) is 3.22. The van der Waals surface area contributed by atoms with Crippen LogP contribution in [-0.4, -0.2) is 78.4 Å². The van der Waals surface area contributed by atoms with Gasteiger partial charge in [0.15, 0.2) is 5.75 Å². The van der Waals surface area contributed by atoms with Gasteiger partial charge in [0.25, 0.3) is 0 Å². The van der Waals surface area contributed by atoms with Crippen molar-refractivity contribution in [2.45, 2.75) is 50.7 Å². The van der Waals surface area contributed by atoms with Gasteiger partial charge < -0.3 is 19.6 Å². The Hall–Kier alpha value is -3.59. The molecule has 0 radical (unpaired) electrons. The summed E-state index contributed by atoms with van der Waals surface area (Å²) in [6.07, 6.45) is -11.1. The van der Waals surface area contributed by atoms with Gasteiger partial charge in [-0.1, -0.05) is 0 Å². The van der Waals surface area contributed by atoms with E-state index in [2.05, 4.69) is 0 Å². The molecule has 8 nitrogen and oxygen atoms in total. The van der Waals surface area contributed by atoms with E-state index in [1.54, 1.807) is 7.05 Å². The molecule has 0 saturated carbocycles. The first-order valence-electron chi connectivity index (χ1n) is 13.5. The molecule has 15 heteroatoms. The second-order valence-electron chi connectivity index (χ2n) is 11.1. The number of carbonyl (C=O) groups excluding carboxylic acids is 2. The Morgan fingerprint density at radius 2 is 1.70 bits per heavy atom. The van der Waals surface area contributed by atoms with Crippen LogP contribution < -0.4 is 14.5 Å². The lowest BCUT2D eigenvalue weighted by Gasteiger charge is -2.39. The van der Waals surface area contributed by atoms with Crippen LogP contribution in [-0.2, 0) is 12.4 Å². The van der Waals surface area contributed by atoms with E-state index in [0.717, 1.165) is 21.9 Å². The number of β-amino-alcohol motifs (C(OH)–C–C–N with tert-alkyl or cyclic N) is 1. The van der Waals surface area contributed by atoms with Crippen LogP contribution in [0.4, 0.5) is 51.7 Å². The SMILES string of the molecule is CC(C)N(C(=O)Oc1c(N2CCN(CC3(O)CCCN(C)C3)C2=O)cc(C(F)(F)F)cc1C(F)(F)F)c1ccc(F)cc1. The molecule has 3 amide bonds. The number of anilines is 2. The quantitative estimate of drug-likeness (QED) is 0.403. The standard InChI is InChI=1S/C28H31F7N4O4/c1-17(2)39(20-7-5-19(29)6-8-20)25(41)43-23-21(28(33,34)35)13-18(27(30,31)32)14-22(23)38-12-11-37(24(38)40)16-26(42)9-4-10-36(3)15-26/h5-8,13-14,17,42H,4,9-12,15-16H2,1-3H3. The molecular formula is C28H31F7N4O4. The summed E-state index contributed by atoms with van der Waals surface area (Å²) in [6.45, 7) is 3.29. The van der Waals surface area contributed by atoms with Crippen molar-refractivity contribution in [1.82, 2.24) is 9.80 Å². The Bertz CT molecular complexity index is 1350. The van der Waals surface area contributed by atoms with Crippen LogP contribution in [0.1, 0.15) is 37.8 Å². The molecule has 2 heterocycles. The maximum atomic E-state index is 14.3. The third-order valence-electron chi connectivity index (χ3n) is 7.33. The minimum Gasteiger partial charge on any atom is -0.407 e. The molecule has 2 saturated heterocycles. The number of halogens is 7. The molecule has 43 heavy (non-hydrogen) atoms. The predicted octanol–water partition coefficient (Wildman–Crippen LogP) is 5.98.